The fourth-order valence-electron chi connectivity index (χ4n) is 3.06. The number of carbonyl (C=O) groups excluding carboxylic acids is 4. The number of esters is 1. The van der Waals surface area contributed by atoms with E-state index in [1.165, 1.54) is 19.3 Å². The van der Waals surface area contributed by atoms with Crippen LogP contribution in [0.15, 0.2) is 46.4 Å². The first-order valence-electron chi connectivity index (χ1n) is 9.89. The van der Waals surface area contributed by atoms with Crippen LogP contribution in [-0.2, 0) is 19.1 Å². The third kappa shape index (κ3) is 5.40. The van der Waals surface area contributed by atoms with Gasteiger partial charge in [0.05, 0.1) is 19.4 Å². The lowest BCUT2D eigenvalue weighted by atomic mass is 10.1. The molecule has 0 unspecified atom stereocenters. The highest BCUT2D eigenvalue weighted by molar-refractivity contribution is 9.10. The summed E-state index contributed by atoms with van der Waals surface area (Å²) in [6.07, 6.45) is 1.35. The molecule has 0 bridgehead atoms. The lowest BCUT2D eigenvalue weighted by molar-refractivity contribution is -0.145. The molecular formula is C23H21BrN2O7. The van der Waals surface area contributed by atoms with Gasteiger partial charge in [0.1, 0.15) is 5.57 Å². The van der Waals surface area contributed by atoms with E-state index in [2.05, 4.69) is 21.2 Å². The van der Waals surface area contributed by atoms with Gasteiger partial charge in [-0.2, -0.15) is 0 Å². The highest BCUT2D eigenvalue weighted by atomic mass is 79.9. The first-order chi connectivity index (χ1) is 15.7. The molecular weight excluding hydrogens is 496 g/mol. The first-order valence-corrected chi connectivity index (χ1v) is 10.7. The van der Waals surface area contributed by atoms with E-state index in [1.54, 1.807) is 37.3 Å². The molecule has 1 heterocycles. The molecule has 0 radical (unpaired) electrons. The maximum absolute atomic E-state index is 13.1. The molecule has 1 aliphatic rings. The fraction of sp³-hybridized carbons (Fsp3) is 0.217. The topological polar surface area (TPSA) is 111 Å². The first kappa shape index (κ1) is 24.0. The largest absolute Gasteiger partial charge is 0.493 e. The minimum absolute atomic E-state index is 0.225. The molecule has 172 valence electrons. The predicted octanol–water partition coefficient (Wildman–Crippen LogP) is 3.37. The van der Waals surface area contributed by atoms with E-state index in [4.69, 9.17) is 14.2 Å². The summed E-state index contributed by atoms with van der Waals surface area (Å²) in [7, 11) is 1.41. The van der Waals surface area contributed by atoms with Crippen LogP contribution in [0.4, 0.5) is 10.5 Å². The number of urea groups is 1. The van der Waals surface area contributed by atoms with Crippen molar-refractivity contribution in [2.24, 2.45) is 0 Å². The number of hydrogen-bond donors (Lipinski definition) is 1. The quantitative estimate of drug-likeness (QED) is 0.341. The Balaban J connectivity index is 1.89. The molecule has 33 heavy (non-hydrogen) atoms. The summed E-state index contributed by atoms with van der Waals surface area (Å²) in [5.74, 6) is -1.52. The van der Waals surface area contributed by atoms with Gasteiger partial charge in [-0.05, 0) is 61.4 Å². The number of benzene rings is 2. The molecule has 9 nitrogen and oxygen atoms in total. The number of anilines is 1. The van der Waals surface area contributed by atoms with Crippen molar-refractivity contribution in [1.29, 1.82) is 0 Å². The summed E-state index contributed by atoms with van der Waals surface area (Å²) in [4.78, 5) is 50.3. The summed E-state index contributed by atoms with van der Waals surface area (Å²) in [5.41, 5.74) is 1.38. The van der Waals surface area contributed by atoms with Crippen molar-refractivity contribution >= 4 is 51.5 Å². The van der Waals surface area contributed by atoms with Crippen molar-refractivity contribution in [2.45, 2.75) is 13.8 Å². The van der Waals surface area contributed by atoms with E-state index in [1.807, 2.05) is 6.92 Å². The van der Waals surface area contributed by atoms with Crippen molar-refractivity contribution in [2.75, 3.05) is 25.2 Å². The van der Waals surface area contributed by atoms with Gasteiger partial charge in [0.15, 0.2) is 18.1 Å². The normalized spacial score (nSPS) is 14.8. The highest BCUT2D eigenvalue weighted by Gasteiger charge is 2.37. The number of hydrogen-bond acceptors (Lipinski definition) is 7. The number of nitrogens with one attached hydrogen (secondary N) is 1. The van der Waals surface area contributed by atoms with Crippen LogP contribution in [0.1, 0.15) is 18.1 Å². The van der Waals surface area contributed by atoms with Crippen LogP contribution in [-0.4, -0.2) is 44.1 Å². The van der Waals surface area contributed by atoms with Gasteiger partial charge in [-0.3, -0.25) is 14.9 Å². The predicted molar refractivity (Wildman–Crippen MR) is 123 cm³/mol. The highest BCUT2D eigenvalue weighted by Crippen LogP contribution is 2.30. The Morgan fingerprint density at radius 1 is 1.12 bits per heavy atom. The summed E-state index contributed by atoms with van der Waals surface area (Å²) in [6.45, 7) is 3.45. The third-order valence-corrected chi connectivity index (χ3v) is 5.54. The van der Waals surface area contributed by atoms with Gasteiger partial charge in [0.25, 0.3) is 11.8 Å². The molecule has 2 aromatic rings. The number of imide groups is 2. The number of amides is 4. The molecule has 10 heteroatoms. The minimum Gasteiger partial charge on any atom is -0.493 e. The molecule has 0 aliphatic carbocycles. The van der Waals surface area contributed by atoms with E-state index in [9.17, 15) is 19.2 Å². The Kier molecular flexibility index (Phi) is 7.49. The Bertz CT molecular complexity index is 1160. The maximum Gasteiger partial charge on any atom is 0.344 e. The lowest BCUT2D eigenvalue weighted by Gasteiger charge is -2.26. The van der Waals surface area contributed by atoms with Crippen LogP contribution in [0.25, 0.3) is 6.08 Å². The third-order valence-electron chi connectivity index (χ3n) is 4.65. The zero-order valence-electron chi connectivity index (χ0n) is 18.1. The Morgan fingerprint density at radius 2 is 1.88 bits per heavy atom. The van der Waals surface area contributed by atoms with Gasteiger partial charge in [0, 0.05) is 4.47 Å². The van der Waals surface area contributed by atoms with Crippen LogP contribution in [0.5, 0.6) is 11.5 Å². The molecule has 1 saturated heterocycles. The molecule has 0 spiro atoms. The van der Waals surface area contributed by atoms with E-state index in [-0.39, 0.29) is 30.3 Å². The summed E-state index contributed by atoms with van der Waals surface area (Å²) >= 11 is 3.38. The van der Waals surface area contributed by atoms with Gasteiger partial charge < -0.3 is 14.2 Å². The number of nitrogens with zero attached hydrogens (tertiary/aromatic N) is 1. The molecule has 0 saturated carbocycles. The second-order valence-electron chi connectivity index (χ2n) is 6.90. The van der Waals surface area contributed by atoms with E-state index in [0.717, 1.165) is 14.9 Å². The second kappa shape index (κ2) is 10.3. The number of carbonyl (C=O) groups is 4. The van der Waals surface area contributed by atoms with Crippen LogP contribution in [0, 0.1) is 6.92 Å². The number of ether oxygens (including phenoxy) is 3. The van der Waals surface area contributed by atoms with Crippen LogP contribution in [0.2, 0.25) is 0 Å². The summed E-state index contributed by atoms with van der Waals surface area (Å²) in [5, 5.41) is 2.19. The average molecular weight is 517 g/mol. The van der Waals surface area contributed by atoms with Crippen molar-refractivity contribution in [3.8, 4) is 11.5 Å². The monoisotopic (exact) mass is 516 g/mol. The van der Waals surface area contributed by atoms with Crippen LogP contribution in [0.3, 0.4) is 0 Å². The fourth-order valence-corrected chi connectivity index (χ4v) is 3.31. The van der Waals surface area contributed by atoms with Gasteiger partial charge >= 0.3 is 12.0 Å². The SMILES string of the molecule is CCOC(=O)COc1ccc(/C=C2\C(=O)NC(=O)N(c3ccc(Br)c(C)c3)C2=O)cc1OC. The van der Waals surface area contributed by atoms with Gasteiger partial charge in [-0.15, -0.1) is 0 Å². The van der Waals surface area contributed by atoms with E-state index in [0.29, 0.717) is 11.3 Å². The molecule has 0 atom stereocenters. The van der Waals surface area contributed by atoms with Gasteiger partial charge in [0.2, 0.25) is 0 Å². The van der Waals surface area contributed by atoms with Crippen molar-refractivity contribution < 1.29 is 33.4 Å². The van der Waals surface area contributed by atoms with Crippen molar-refractivity contribution in [3.05, 3.63) is 57.6 Å². The molecule has 1 N–H and O–H groups in total. The van der Waals surface area contributed by atoms with Crippen LogP contribution >= 0.6 is 15.9 Å². The number of methoxy groups -OCH3 is 1. The second-order valence-corrected chi connectivity index (χ2v) is 7.75. The van der Waals surface area contributed by atoms with Gasteiger partial charge in [-0.25, -0.2) is 14.5 Å². The lowest BCUT2D eigenvalue weighted by Crippen LogP contribution is -2.54. The molecule has 3 rings (SSSR count). The van der Waals surface area contributed by atoms with Crippen molar-refractivity contribution in [3.63, 3.8) is 0 Å². The summed E-state index contributed by atoms with van der Waals surface area (Å²) < 4.78 is 16.4. The Labute approximate surface area is 198 Å². The Morgan fingerprint density at radius 3 is 2.55 bits per heavy atom. The maximum atomic E-state index is 13.1. The number of barbiturate groups is 1. The molecule has 0 aromatic heterocycles. The minimum atomic E-state index is -0.829. The molecule has 1 fully saturated rings. The van der Waals surface area contributed by atoms with Gasteiger partial charge in [-0.1, -0.05) is 22.0 Å². The van der Waals surface area contributed by atoms with E-state index < -0.39 is 23.8 Å². The smallest absolute Gasteiger partial charge is 0.344 e. The molecule has 4 amide bonds. The zero-order valence-corrected chi connectivity index (χ0v) is 19.7. The standard InChI is InChI=1S/C23H21BrN2O7/c1-4-32-20(27)12-33-18-8-5-14(11-19(18)31-3)10-16-21(28)25-23(30)26(22(16)29)15-6-7-17(24)13(2)9-15/h5-11H,4,12H2,1-3H3,(H,25,28,30)/b16-10+. The molecule has 2 aromatic carbocycles. The summed E-state index contributed by atoms with van der Waals surface area (Å²) in [6, 6.07) is 8.81. The number of aryl methyl sites for hydroxylation is 1. The van der Waals surface area contributed by atoms with Crippen LogP contribution < -0.4 is 19.7 Å². The number of rotatable bonds is 7. The number of halogens is 1. The Hall–Kier alpha value is -3.66. The molecule has 1 aliphatic heterocycles. The zero-order chi connectivity index (χ0) is 24.1. The van der Waals surface area contributed by atoms with Crippen molar-refractivity contribution in [1.82, 2.24) is 5.32 Å². The average Bonchev–Trinajstić information content (AvgIpc) is 2.78. The van der Waals surface area contributed by atoms with E-state index >= 15 is 0 Å².